The van der Waals surface area contributed by atoms with E-state index in [2.05, 4.69) is 0 Å². The van der Waals surface area contributed by atoms with Crippen LogP contribution in [0.2, 0.25) is 0 Å². The van der Waals surface area contributed by atoms with Crippen molar-refractivity contribution in [3.63, 3.8) is 0 Å². The number of carbonyl (C=O) groups is 2. The second-order valence-corrected chi connectivity index (χ2v) is 4.60. The first-order valence-electron chi connectivity index (χ1n) is 6.04. The highest BCUT2D eigenvalue weighted by Gasteiger charge is 2.32. The average molecular weight is 247 g/mol. The molecular weight excluding hydrogens is 230 g/mol. The molecule has 2 atom stereocenters. The van der Waals surface area contributed by atoms with Gasteiger partial charge in [-0.1, -0.05) is 12.1 Å². The lowest BCUT2D eigenvalue weighted by molar-refractivity contribution is -0.129. The number of methoxy groups -OCH3 is 1. The van der Waals surface area contributed by atoms with Crippen molar-refractivity contribution >= 4 is 12.2 Å². The fourth-order valence-corrected chi connectivity index (χ4v) is 2.29. The minimum atomic E-state index is -0.154. The van der Waals surface area contributed by atoms with Crippen molar-refractivity contribution < 1.29 is 14.3 Å². The summed E-state index contributed by atoms with van der Waals surface area (Å²) in [6, 6.07) is 7.65. The second-order valence-electron chi connectivity index (χ2n) is 4.60. The van der Waals surface area contributed by atoms with E-state index in [0.29, 0.717) is 13.0 Å². The number of aldehydes is 1. The highest BCUT2D eigenvalue weighted by Crippen LogP contribution is 2.28. The molecule has 0 N–H and O–H groups in total. The van der Waals surface area contributed by atoms with Crippen LogP contribution in [0.1, 0.15) is 24.9 Å². The smallest absolute Gasteiger partial charge is 0.223 e. The second kappa shape index (κ2) is 5.21. The van der Waals surface area contributed by atoms with Crippen molar-refractivity contribution in [3.05, 3.63) is 29.8 Å². The zero-order valence-corrected chi connectivity index (χ0v) is 10.6. The van der Waals surface area contributed by atoms with E-state index in [1.54, 1.807) is 12.0 Å². The number of ether oxygens (including phenoxy) is 1. The third-order valence-corrected chi connectivity index (χ3v) is 3.45. The molecule has 0 aromatic heterocycles. The van der Waals surface area contributed by atoms with Gasteiger partial charge in [0.1, 0.15) is 12.0 Å². The lowest BCUT2D eigenvalue weighted by Gasteiger charge is -2.25. The van der Waals surface area contributed by atoms with Gasteiger partial charge in [-0.3, -0.25) is 4.79 Å². The molecule has 4 heteroatoms. The van der Waals surface area contributed by atoms with E-state index in [9.17, 15) is 9.59 Å². The van der Waals surface area contributed by atoms with Crippen molar-refractivity contribution in [2.45, 2.75) is 19.4 Å². The van der Waals surface area contributed by atoms with Crippen LogP contribution in [0.5, 0.6) is 5.75 Å². The number of hydrogen-bond donors (Lipinski definition) is 0. The number of benzene rings is 1. The van der Waals surface area contributed by atoms with Crippen molar-refractivity contribution in [2.24, 2.45) is 5.92 Å². The number of nitrogens with zero attached hydrogens (tertiary/aromatic N) is 1. The molecule has 1 heterocycles. The van der Waals surface area contributed by atoms with E-state index in [4.69, 9.17) is 4.74 Å². The number of carbonyl (C=O) groups excluding carboxylic acids is 2. The lowest BCUT2D eigenvalue weighted by atomic mass is 10.1. The lowest BCUT2D eigenvalue weighted by Crippen LogP contribution is -2.28. The Labute approximate surface area is 107 Å². The van der Waals surface area contributed by atoms with E-state index in [-0.39, 0.29) is 17.9 Å². The van der Waals surface area contributed by atoms with Crippen LogP contribution in [0.3, 0.4) is 0 Å². The summed E-state index contributed by atoms with van der Waals surface area (Å²) in [6.45, 7) is 2.50. The van der Waals surface area contributed by atoms with E-state index in [1.165, 1.54) is 0 Å². The number of rotatable bonds is 4. The largest absolute Gasteiger partial charge is 0.497 e. The standard InChI is InChI=1S/C14H17NO3/c1-10(12-3-5-13(18-2)6-4-12)15-8-11(9-16)7-14(15)17/h3-6,9-11H,7-8H2,1-2H3/t10-,11?/m1/s1. The molecule has 1 aliphatic heterocycles. The predicted molar refractivity (Wildman–Crippen MR) is 67.3 cm³/mol. The highest BCUT2D eigenvalue weighted by atomic mass is 16.5. The minimum Gasteiger partial charge on any atom is -0.497 e. The maximum atomic E-state index is 11.8. The summed E-state index contributed by atoms with van der Waals surface area (Å²) in [5.74, 6) is 0.693. The number of hydrogen-bond acceptors (Lipinski definition) is 3. The van der Waals surface area contributed by atoms with Crippen LogP contribution < -0.4 is 4.74 Å². The Hall–Kier alpha value is -1.84. The monoisotopic (exact) mass is 247 g/mol. The first kappa shape index (κ1) is 12.6. The van der Waals surface area contributed by atoms with E-state index in [0.717, 1.165) is 17.6 Å². The van der Waals surface area contributed by atoms with Crippen molar-refractivity contribution in [3.8, 4) is 5.75 Å². The summed E-state index contributed by atoms with van der Waals surface area (Å²) in [7, 11) is 1.62. The van der Waals surface area contributed by atoms with Gasteiger partial charge in [0.2, 0.25) is 5.91 Å². The molecule has 2 rings (SSSR count). The quantitative estimate of drug-likeness (QED) is 0.762. The molecule has 0 bridgehead atoms. The van der Waals surface area contributed by atoms with Crippen molar-refractivity contribution in [1.82, 2.24) is 4.90 Å². The Morgan fingerprint density at radius 2 is 2.06 bits per heavy atom. The van der Waals surface area contributed by atoms with Gasteiger partial charge in [0, 0.05) is 18.9 Å². The summed E-state index contributed by atoms with van der Waals surface area (Å²) in [6.07, 6.45) is 1.21. The molecule has 1 saturated heterocycles. The highest BCUT2D eigenvalue weighted by molar-refractivity contribution is 5.83. The zero-order valence-electron chi connectivity index (χ0n) is 10.6. The number of amides is 1. The van der Waals surface area contributed by atoms with Crippen LogP contribution in [0.15, 0.2) is 24.3 Å². The first-order chi connectivity index (χ1) is 8.65. The van der Waals surface area contributed by atoms with Gasteiger partial charge in [0.15, 0.2) is 0 Å². The summed E-state index contributed by atoms with van der Waals surface area (Å²) in [5, 5.41) is 0. The molecule has 0 radical (unpaired) electrons. The Balaban J connectivity index is 2.12. The molecule has 0 aliphatic carbocycles. The Morgan fingerprint density at radius 1 is 1.39 bits per heavy atom. The molecule has 0 saturated carbocycles. The third-order valence-electron chi connectivity index (χ3n) is 3.45. The summed E-state index contributed by atoms with van der Waals surface area (Å²) >= 11 is 0. The number of likely N-dealkylation sites (tertiary alicyclic amines) is 1. The molecule has 1 aromatic carbocycles. The van der Waals surface area contributed by atoms with E-state index >= 15 is 0 Å². The summed E-state index contributed by atoms with van der Waals surface area (Å²) in [5.41, 5.74) is 1.05. The molecule has 1 aliphatic rings. The summed E-state index contributed by atoms with van der Waals surface area (Å²) in [4.78, 5) is 24.3. The normalized spacial score (nSPS) is 20.9. The SMILES string of the molecule is COc1ccc([C@@H](C)N2CC(C=O)CC2=O)cc1. The van der Waals surface area contributed by atoms with Gasteiger partial charge in [-0.15, -0.1) is 0 Å². The molecular formula is C14H17NO3. The van der Waals surface area contributed by atoms with Crippen LogP contribution >= 0.6 is 0 Å². The van der Waals surface area contributed by atoms with Gasteiger partial charge in [-0.05, 0) is 24.6 Å². The Bertz CT molecular complexity index is 441. The Kier molecular flexibility index (Phi) is 3.65. The molecule has 0 spiro atoms. The average Bonchev–Trinajstić information content (AvgIpc) is 2.79. The van der Waals surface area contributed by atoms with Gasteiger partial charge in [0.05, 0.1) is 13.2 Å². The van der Waals surface area contributed by atoms with Crippen LogP contribution in [0.25, 0.3) is 0 Å². The van der Waals surface area contributed by atoms with Crippen molar-refractivity contribution in [1.29, 1.82) is 0 Å². The third kappa shape index (κ3) is 2.37. The van der Waals surface area contributed by atoms with Gasteiger partial charge < -0.3 is 14.4 Å². The van der Waals surface area contributed by atoms with E-state index < -0.39 is 0 Å². The van der Waals surface area contributed by atoms with Gasteiger partial charge in [-0.25, -0.2) is 0 Å². The molecule has 1 unspecified atom stereocenters. The molecule has 1 fully saturated rings. The molecule has 4 nitrogen and oxygen atoms in total. The summed E-state index contributed by atoms with van der Waals surface area (Å²) < 4.78 is 5.10. The Morgan fingerprint density at radius 3 is 2.56 bits per heavy atom. The van der Waals surface area contributed by atoms with Crippen LogP contribution in [0, 0.1) is 5.92 Å². The van der Waals surface area contributed by atoms with Gasteiger partial charge in [-0.2, -0.15) is 0 Å². The molecule has 1 aromatic rings. The van der Waals surface area contributed by atoms with Crippen LogP contribution in [-0.4, -0.2) is 30.7 Å². The van der Waals surface area contributed by atoms with Crippen LogP contribution in [0.4, 0.5) is 0 Å². The molecule has 96 valence electrons. The maximum Gasteiger partial charge on any atom is 0.223 e. The van der Waals surface area contributed by atoms with Gasteiger partial charge in [0.25, 0.3) is 0 Å². The first-order valence-corrected chi connectivity index (χ1v) is 6.04. The fraction of sp³-hybridized carbons (Fsp3) is 0.429. The van der Waals surface area contributed by atoms with Gasteiger partial charge >= 0.3 is 0 Å². The van der Waals surface area contributed by atoms with E-state index in [1.807, 2.05) is 31.2 Å². The predicted octanol–water partition coefficient (Wildman–Crippen LogP) is 1.80. The van der Waals surface area contributed by atoms with Crippen molar-refractivity contribution in [2.75, 3.05) is 13.7 Å². The molecule has 18 heavy (non-hydrogen) atoms. The van der Waals surface area contributed by atoms with Crippen LogP contribution in [-0.2, 0) is 9.59 Å². The minimum absolute atomic E-state index is 0.00615. The topological polar surface area (TPSA) is 46.6 Å². The maximum absolute atomic E-state index is 11.8. The fourth-order valence-electron chi connectivity index (χ4n) is 2.29. The zero-order chi connectivity index (χ0) is 13.1. The molecule has 1 amide bonds.